The molecule has 0 radical (unpaired) electrons. The van der Waals surface area contributed by atoms with Crippen LogP contribution in [-0.4, -0.2) is 42.7 Å². The molecule has 19 heavy (non-hydrogen) atoms. The number of benzene rings is 1. The van der Waals surface area contributed by atoms with Crippen molar-refractivity contribution in [2.24, 2.45) is 0 Å². The van der Waals surface area contributed by atoms with Crippen molar-refractivity contribution < 1.29 is 4.79 Å². The number of carbonyl (C=O) groups is 1. The summed E-state index contributed by atoms with van der Waals surface area (Å²) in [6.45, 7) is 4.71. The summed E-state index contributed by atoms with van der Waals surface area (Å²) in [5, 5.41) is 3.46. The summed E-state index contributed by atoms with van der Waals surface area (Å²) in [6.07, 6.45) is 4.41. The third-order valence-electron chi connectivity index (χ3n) is 3.61. The van der Waals surface area contributed by atoms with E-state index in [1.807, 2.05) is 35.4 Å². The van der Waals surface area contributed by atoms with Gasteiger partial charge in [0.25, 0.3) is 5.91 Å². The number of nitrogens with zero attached hydrogens (tertiary/aromatic N) is 1. The summed E-state index contributed by atoms with van der Waals surface area (Å²) in [6, 6.07) is 8.33. The number of rotatable bonds is 5. The van der Waals surface area contributed by atoms with Crippen molar-refractivity contribution in [1.29, 1.82) is 0 Å². The van der Waals surface area contributed by atoms with Gasteiger partial charge in [0.05, 0.1) is 5.56 Å². The van der Waals surface area contributed by atoms with E-state index in [0.717, 1.165) is 30.1 Å². The fraction of sp³-hybridized carbons (Fsp3) is 0.533. The summed E-state index contributed by atoms with van der Waals surface area (Å²) >= 11 is 1.63. The van der Waals surface area contributed by atoms with Crippen LogP contribution in [0, 0.1) is 0 Å². The molecule has 0 aromatic heterocycles. The average molecular weight is 278 g/mol. The highest BCUT2D eigenvalue weighted by Gasteiger charge is 2.22. The molecule has 1 amide bonds. The second kappa shape index (κ2) is 6.96. The van der Waals surface area contributed by atoms with Crippen LogP contribution in [0.5, 0.6) is 0 Å². The molecular weight excluding hydrogens is 256 g/mol. The molecule has 1 heterocycles. The van der Waals surface area contributed by atoms with Crippen LogP contribution in [0.1, 0.15) is 30.1 Å². The lowest BCUT2D eigenvalue weighted by atomic mass is 10.1. The van der Waals surface area contributed by atoms with E-state index in [9.17, 15) is 4.79 Å². The first-order chi connectivity index (χ1) is 9.26. The fourth-order valence-electron chi connectivity index (χ4n) is 2.53. The Kier molecular flexibility index (Phi) is 5.28. The minimum atomic E-state index is 0.154. The quantitative estimate of drug-likeness (QED) is 0.840. The molecular formula is C15H22N2OS. The highest BCUT2D eigenvalue weighted by atomic mass is 32.2. The van der Waals surface area contributed by atoms with Crippen LogP contribution in [0.3, 0.4) is 0 Å². The molecule has 1 N–H and O–H groups in total. The molecule has 1 fully saturated rings. The van der Waals surface area contributed by atoms with E-state index in [-0.39, 0.29) is 5.91 Å². The third kappa shape index (κ3) is 3.51. The molecule has 1 atom stereocenters. The van der Waals surface area contributed by atoms with E-state index in [0.29, 0.717) is 6.04 Å². The van der Waals surface area contributed by atoms with Gasteiger partial charge in [0.1, 0.15) is 0 Å². The Morgan fingerprint density at radius 3 is 2.89 bits per heavy atom. The molecule has 0 spiro atoms. The van der Waals surface area contributed by atoms with E-state index < -0.39 is 0 Å². The second-order valence-electron chi connectivity index (χ2n) is 4.84. The number of thioether (sulfide) groups is 1. The normalized spacial score (nSPS) is 18.5. The van der Waals surface area contributed by atoms with Gasteiger partial charge in [-0.25, -0.2) is 0 Å². The van der Waals surface area contributed by atoms with Gasteiger partial charge in [0.15, 0.2) is 0 Å². The molecule has 104 valence electrons. The van der Waals surface area contributed by atoms with Gasteiger partial charge in [-0.3, -0.25) is 4.79 Å². The fourth-order valence-corrected chi connectivity index (χ4v) is 3.12. The lowest BCUT2D eigenvalue weighted by Gasteiger charge is -2.25. The van der Waals surface area contributed by atoms with Gasteiger partial charge in [0, 0.05) is 24.0 Å². The molecule has 1 unspecified atom stereocenters. The van der Waals surface area contributed by atoms with Crippen LogP contribution in [-0.2, 0) is 0 Å². The van der Waals surface area contributed by atoms with Crippen LogP contribution in [0.15, 0.2) is 29.2 Å². The van der Waals surface area contributed by atoms with Crippen LogP contribution in [0.2, 0.25) is 0 Å². The average Bonchev–Trinajstić information content (AvgIpc) is 2.97. The number of hydrogen-bond donors (Lipinski definition) is 1. The molecule has 1 aliphatic heterocycles. The number of amides is 1. The Morgan fingerprint density at radius 2 is 2.26 bits per heavy atom. The molecule has 0 saturated carbocycles. The zero-order valence-electron chi connectivity index (χ0n) is 11.7. The summed E-state index contributed by atoms with van der Waals surface area (Å²) < 4.78 is 0. The van der Waals surface area contributed by atoms with Crippen molar-refractivity contribution in [3.8, 4) is 0 Å². The van der Waals surface area contributed by atoms with Gasteiger partial charge in [-0.2, -0.15) is 0 Å². The van der Waals surface area contributed by atoms with Crippen molar-refractivity contribution in [1.82, 2.24) is 10.2 Å². The lowest BCUT2D eigenvalue weighted by molar-refractivity contribution is 0.0748. The molecule has 2 rings (SSSR count). The first-order valence-electron chi connectivity index (χ1n) is 6.92. The maximum atomic E-state index is 12.6. The Balaban J connectivity index is 2.10. The maximum absolute atomic E-state index is 12.6. The molecule has 1 aromatic rings. The minimum absolute atomic E-state index is 0.154. The van der Waals surface area contributed by atoms with E-state index >= 15 is 0 Å². The molecule has 1 saturated heterocycles. The SMILES string of the molecule is CCN(CC1CCCN1)C(=O)c1ccccc1SC. The minimum Gasteiger partial charge on any atom is -0.337 e. The number of hydrogen-bond acceptors (Lipinski definition) is 3. The lowest BCUT2D eigenvalue weighted by Crippen LogP contribution is -2.41. The van der Waals surface area contributed by atoms with Crippen molar-refractivity contribution in [3.63, 3.8) is 0 Å². The van der Waals surface area contributed by atoms with E-state index in [2.05, 4.69) is 12.2 Å². The zero-order chi connectivity index (χ0) is 13.7. The molecule has 0 aliphatic carbocycles. The topological polar surface area (TPSA) is 32.3 Å². The van der Waals surface area contributed by atoms with Crippen molar-refractivity contribution in [3.05, 3.63) is 29.8 Å². The Labute approximate surface area is 119 Å². The third-order valence-corrected chi connectivity index (χ3v) is 4.41. The predicted molar refractivity (Wildman–Crippen MR) is 80.8 cm³/mol. The smallest absolute Gasteiger partial charge is 0.255 e. The molecule has 1 aromatic carbocycles. The first kappa shape index (κ1) is 14.4. The highest BCUT2D eigenvalue weighted by molar-refractivity contribution is 7.98. The Morgan fingerprint density at radius 1 is 1.47 bits per heavy atom. The Bertz CT molecular complexity index is 430. The number of likely N-dealkylation sites (N-methyl/N-ethyl adjacent to an activating group) is 1. The summed E-state index contributed by atoms with van der Waals surface area (Å²) in [7, 11) is 0. The van der Waals surface area contributed by atoms with Gasteiger partial charge in [0.2, 0.25) is 0 Å². The van der Waals surface area contributed by atoms with Crippen LogP contribution in [0.25, 0.3) is 0 Å². The van der Waals surface area contributed by atoms with Gasteiger partial charge in [-0.05, 0) is 44.7 Å². The van der Waals surface area contributed by atoms with Crippen LogP contribution >= 0.6 is 11.8 Å². The second-order valence-corrected chi connectivity index (χ2v) is 5.69. The summed E-state index contributed by atoms with van der Waals surface area (Å²) in [5.74, 6) is 0.154. The molecule has 1 aliphatic rings. The molecule has 3 nitrogen and oxygen atoms in total. The predicted octanol–water partition coefficient (Wildman–Crippen LogP) is 2.62. The monoisotopic (exact) mass is 278 g/mol. The zero-order valence-corrected chi connectivity index (χ0v) is 12.5. The van der Waals surface area contributed by atoms with Crippen molar-refractivity contribution in [2.75, 3.05) is 25.9 Å². The maximum Gasteiger partial charge on any atom is 0.255 e. The van der Waals surface area contributed by atoms with E-state index in [1.54, 1.807) is 11.8 Å². The Hall–Kier alpha value is -1.00. The first-order valence-corrected chi connectivity index (χ1v) is 8.14. The van der Waals surface area contributed by atoms with Crippen molar-refractivity contribution in [2.45, 2.75) is 30.7 Å². The number of carbonyl (C=O) groups excluding carboxylic acids is 1. The van der Waals surface area contributed by atoms with Gasteiger partial charge < -0.3 is 10.2 Å². The number of nitrogens with one attached hydrogen (secondary N) is 1. The van der Waals surface area contributed by atoms with E-state index in [1.165, 1.54) is 12.8 Å². The standard InChI is InChI=1S/C15H22N2OS/c1-3-17(11-12-7-6-10-16-12)15(18)13-8-4-5-9-14(13)19-2/h4-5,8-9,12,16H,3,6-7,10-11H2,1-2H3. The largest absolute Gasteiger partial charge is 0.337 e. The van der Waals surface area contributed by atoms with Gasteiger partial charge in [-0.15, -0.1) is 11.8 Å². The van der Waals surface area contributed by atoms with E-state index in [4.69, 9.17) is 0 Å². The highest BCUT2D eigenvalue weighted by Crippen LogP contribution is 2.21. The van der Waals surface area contributed by atoms with Crippen LogP contribution < -0.4 is 5.32 Å². The summed E-state index contributed by atoms with van der Waals surface area (Å²) in [4.78, 5) is 15.6. The molecule has 0 bridgehead atoms. The summed E-state index contributed by atoms with van der Waals surface area (Å²) in [5.41, 5.74) is 0.829. The van der Waals surface area contributed by atoms with Gasteiger partial charge >= 0.3 is 0 Å². The molecule has 4 heteroatoms. The van der Waals surface area contributed by atoms with Crippen LogP contribution in [0.4, 0.5) is 0 Å². The van der Waals surface area contributed by atoms with Crippen molar-refractivity contribution >= 4 is 17.7 Å². The van der Waals surface area contributed by atoms with Gasteiger partial charge in [-0.1, -0.05) is 12.1 Å².